The van der Waals surface area contributed by atoms with Crippen LogP contribution in [0.1, 0.15) is 45.4 Å². The van der Waals surface area contributed by atoms with Crippen molar-refractivity contribution in [3.8, 4) is 0 Å². The van der Waals surface area contributed by atoms with Gasteiger partial charge in [-0.15, -0.1) is 0 Å². The fourth-order valence-electron chi connectivity index (χ4n) is 3.89. The molecule has 2 aliphatic heterocycles. The molecule has 2 saturated heterocycles. The molecular formula is C14H23NO. The van der Waals surface area contributed by atoms with Gasteiger partial charge in [0.15, 0.2) is 5.88 Å². The van der Waals surface area contributed by atoms with Gasteiger partial charge >= 0.3 is 0 Å². The number of piperidine rings is 1. The molecule has 1 aliphatic carbocycles. The van der Waals surface area contributed by atoms with Gasteiger partial charge in [0, 0.05) is 19.0 Å². The molecule has 0 amide bonds. The van der Waals surface area contributed by atoms with Crippen LogP contribution in [0.2, 0.25) is 0 Å². The van der Waals surface area contributed by atoms with Crippen LogP contribution in [0.5, 0.6) is 0 Å². The van der Waals surface area contributed by atoms with Gasteiger partial charge in [-0.3, -0.25) is 0 Å². The lowest BCUT2D eigenvalue weighted by molar-refractivity contribution is -0.0368. The molecule has 0 bridgehead atoms. The summed E-state index contributed by atoms with van der Waals surface area (Å²) in [4.78, 5) is 2.55. The number of nitrogens with zero attached hydrogens (tertiary/aromatic N) is 1. The zero-order valence-corrected chi connectivity index (χ0v) is 10.3. The Morgan fingerprint density at radius 2 is 2.00 bits per heavy atom. The van der Waals surface area contributed by atoms with E-state index in [9.17, 15) is 0 Å². The maximum absolute atomic E-state index is 5.76. The number of fused-ring (bicyclic) bond motifs is 2. The van der Waals surface area contributed by atoms with Gasteiger partial charge in [-0.1, -0.05) is 19.3 Å². The van der Waals surface area contributed by atoms with Crippen molar-refractivity contribution in [3.63, 3.8) is 0 Å². The molecule has 3 rings (SSSR count). The lowest BCUT2D eigenvalue weighted by Gasteiger charge is -2.49. The molecule has 0 unspecified atom stereocenters. The van der Waals surface area contributed by atoms with Crippen LogP contribution in [0.25, 0.3) is 0 Å². The maximum Gasteiger partial charge on any atom is 0.185 e. The van der Waals surface area contributed by atoms with Crippen LogP contribution in [-0.2, 0) is 4.74 Å². The molecule has 2 nitrogen and oxygen atoms in total. The van der Waals surface area contributed by atoms with Gasteiger partial charge in [-0.2, -0.15) is 0 Å². The second-order valence-corrected chi connectivity index (χ2v) is 5.61. The second kappa shape index (κ2) is 4.31. The molecule has 0 aromatic rings. The molecule has 0 radical (unpaired) electrons. The fourth-order valence-corrected chi connectivity index (χ4v) is 3.89. The number of allylic oxidation sites excluding steroid dienone is 1. The van der Waals surface area contributed by atoms with E-state index in [1.807, 2.05) is 0 Å². The van der Waals surface area contributed by atoms with Crippen molar-refractivity contribution in [3.05, 3.63) is 12.0 Å². The van der Waals surface area contributed by atoms with Crippen molar-refractivity contribution in [2.75, 3.05) is 13.2 Å². The van der Waals surface area contributed by atoms with Crippen molar-refractivity contribution in [2.24, 2.45) is 11.8 Å². The summed E-state index contributed by atoms with van der Waals surface area (Å²) in [6.07, 6.45) is 10.7. The summed E-state index contributed by atoms with van der Waals surface area (Å²) in [6.45, 7) is 4.29. The molecular weight excluding hydrogens is 198 g/mol. The Kier molecular flexibility index (Phi) is 2.82. The monoisotopic (exact) mass is 221 g/mol. The molecule has 0 spiro atoms. The molecule has 0 N–H and O–H groups in total. The third-order valence-electron chi connectivity index (χ3n) is 4.74. The maximum atomic E-state index is 5.76. The molecule has 3 aliphatic rings. The zero-order chi connectivity index (χ0) is 11.0. The van der Waals surface area contributed by atoms with Gasteiger partial charge in [-0.05, 0) is 37.7 Å². The molecule has 0 aromatic heterocycles. The van der Waals surface area contributed by atoms with Gasteiger partial charge in [-0.25, -0.2) is 0 Å². The summed E-state index contributed by atoms with van der Waals surface area (Å²) in [7, 11) is 0. The summed E-state index contributed by atoms with van der Waals surface area (Å²) in [5.41, 5.74) is 0. The Hall–Kier alpha value is -0.660. The van der Waals surface area contributed by atoms with Crippen LogP contribution in [0.15, 0.2) is 12.0 Å². The highest BCUT2D eigenvalue weighted by Crippen LogP contribution is 2.41. The summed E-state index contributed by atoms with van der Waals surface area (Å²) in [5.74, 6) is 3.12. The minimum absolute atomic E-state index is 0.777. The molecule has 90 valence electrons. The molecule has 1 saturated carbocycles. The van der Waals surface area contributed by atoms with Gasteiger partial charge in [0.25, 0.3) is 0 Å². The van der Waals surface area contributed by atoms with Crippen molar-refractivity contribution >= 4 is 0 Å². The predicted molar refractivity (Wildman–Crippen MR) is 64.9 cm³/mol. The second-order valence-electron chi connectivity index (χ2n) is 5.61. The molecule has 3 fully saturated rings. The summed E-state index contributed by atoms with van der Waals surface area (Å²) in [6, 6.07) is 0.777. The van der Waals surface area contributed by atoms with Crippen LogP contribution < -0.4 is 0 Å². The Labute approximate surface area is 98.6 Å². The van der Waals surface area contributed by atoms with Crippen molar-refractivity contribution in [1.82, 2.24) is 4.90 Å². The van der Waals surface area contributed by atoms with E-state index in [4.69, 9.17) is 4.74 Å². The fraction of sp³-hybridized carbons (Fsp3) is 0.857. The normalized spacial score (nSPS) is 41.2. The molecule has 2 heterocycles. The Balaban J connectivity index is 1.76. The highest BCUT2D eigenvalue weighted by atomic mass is 16.5. The Morgan fingerprint density at radius 3 is 2.81 bits per heavy atom. The first-order valence-electron chi connectivity index (χ1n) is 6.94. The lowest BCUT2D eigenvalue weighted by Crippen LogP contribution is -2.50. The summed E-state index contributed by atoms with van der Waals surface area (Å²) < 4.78 is 5.76. The van der Waals surface area contributed by atoms with Crippen LogP contribution in [-0.4, -0.2) is 24.1 Å². The van der Waals surface area contributed by atoms with Crippen molar-refractivity contribution in [2.45, 2.75) is 51.5 Å². The average molecular weight is 221 g/mol. The van der Waals surface area contributed by atoms with Gasteiger partial charge in [0.05, 0.1) is 6.61 Å². The minimum atomic E-state index is 0.777. The topological polar surface area (TPSA) is 12.5 Å². The predicted octanol–water partition coefficient (Wildman–Crippen LogP) is 3.15. The van der Waals surface area contributed by atoms with E-state index >= 15 is 0 Å². The van der Waals surface area contributed by atoms with Crippen molar-refractivity contribution < 1.29 is 4.74 Å². The van der Waals surface area contributed by atoms with E-state index in [2.05, 4.69) is 17.9 Å². The summed E-state index contributed by atoms with van der Waals surface area (Å²) >= 11 is 0. The first-order chi connectivity index (χ1) is 7.88. The quantitative estimate of drug-likeness (QED) is 0.623. The number of ether oxygens (including phenoxy) is 1. The Bertz CT molecular complexity index is 286. The average Bonchev–Trinajstić information content (AvgIpc) is 2.35. The highest BCUT2D eigenvalue weighted by molar-refractivity contribution is 5.02. The van der Waals surface area contributed by atoms with Crippen LogP contribution >= 0.6 is 0 Å². The van der Waals surface area contributed by atoms with E-state index in [1.54, 1.807) is 0 Å². The molecule has 2 heteroatoms. The third kappa shape index (κ3) is 1.72. The van der Waals surface area contributed by atoms with Gasteiger partial charge < -0.3 is 9.64 Å². The standard InChI is InChI=1S/C14H23NO/c1-2-14-15-10-12-6-4-3-5-11(12)9-13(15)7-8-16-14/h2,11-13H,3-10H2,1H3/b14-2-/t11-,12-,13+/m1/s1. The SMILES string of the molecule is C/C=C1\OCC[C@H]2C[C@H]3CCCC[C@@H]3CN12. The van der Waals surface area contributed by atoms with E-state index in [0.717, 1.165) is 30.4 Å². The van der Waals surface area contributed by atoms with Gasteiger partial charge in [0.2, 0.25) is 0 Å². The lowest BCUT2D eigenvalue weighted by atomic mass is 9.72. The number of hydrogen-bond acceptors (Lipinski definition) is 2. The highest BCUT2D eigenvalue weighted by Gasteiger charge is 2.39. The van der Waals surface area contributed by atoms with E-state index in [0.29, 0.717) is 0 Å². The largest absolute Gasteiger partial charge is 0.479 e. The summed E-state index contributed by atoms with van der Waals surface area (Å²) in [5, 5.41) is 0. The smallest absolute Gasteiger partial charge is 0.185 e. The van der Waals surface area contributed by atoms with Crippen molar-refractivity contribution in [1.29, 1.82) is 0 Å². The van der Waals surface area contributed by atoms with E-state index in [1.165, 1.54) is 45.1 Å². The third-order valence-corrected chi connectivity index (χ3v) is 4.74. The zero-order valence-electron chi connectivity index (χ0n) is 10.3. The van der Waals surface area contributed by atoms with Gasteiger partial charge in [0.1, 0.15) is 0 Å². The number of hydrogen-bond donors (Lipinski definition) is 0. The molecule has 0 aromatic carbocycles. The Morgan fingerprint density at radius 1 is 1.19 bits per heavy atom. The van der Waals surface area contributed by atoms with E-state index < -0.39 is 0 Å². The van der Waals surface area contributed by atoms with Crippen LogP contribution in [0, 0.1) is 11.8 Å². The number of rotatable bonds is 0. The molecule has 3 atom stereocenters. The first-order valence-corrected chi connectivity index (χ1v) is 6.94. The molecule has 16 heavy (non-hydrogen) atoms. The van der Waals surface area contributed by atoms with Crippen LogP contribution in [0.4, 0.5) is 0 Å². The van der Waals surface area contributed by atoms with Crippen LogP contribution in [0.3, 0.4) is 0 Å². The van der Waals surface area contributed by atoms with E-state index in [-0.39, 0.29) is 0 Å². The first kappa shape index (κ1) is 10.5. The minimum Gasteiger partial charge on any atom is -0.479 e.